The van der Waals surface area contributed by atoms with Crippen LogP contribution in [0, 0.1) is 0 Å². The standard InChI is InChI=1S/C20H18N6O/c1-14-23-13-18-19(21)22-11-12-26(14,18)17-9-7-16(8-10-17)25-20(27)24-15-5-3-2-4-6-15/h2-13H,1H3,(H3-,21,22,24,25,27)/p+1. The molecule has 27 heavy (non-hydrogen) atoms. The Bertz CT molecular complexity index is 1000. The van der Waals surface area contributed by atoms with Crippen LogP contribution in [0.3, 0.4) is 0 Å². The second-order valence-electron chi connectivity index (χ2n) is 6.22. The Hall–Kier alpha value is -3.71. The summed E-state index contributed by atoms with van der Waals surface area (Å²) in [5.41, 5.74) is 9.25. The molecule has 4 N–H and O–H groups in total. The van der Waals surface area contributed by atoms with Crippen LogP contribution in [0.25, 0.3) is 0 Å². The molecule has 1 atom stereocenters. The first kappa shape index (κ1) is 16.7. The fourth-order valence-electron chi connectivity index (χ4n) is 3.23. The molecule has 7 heteroatoms. The Morgan fingerprint density at radius 3 is 2.33 bits per heavy atom. The quantitative estimate of drug-likeness (QED) is 0.728. The molecule has 7 nitrogen and oxygen atoms in total. The summed E-state index contributed by atoms with van der Waals surface area (Å²) in [5, 5.41) is 5.62. The van der Waals surface area contributed by atoms with E-state index in [1.807, 2.05) is 67.7 Å². The third-order valence-electron chi connectivity index (χ3n) is 4.59. The third kappa shape index (κ3) is 2.90. The number of rotatable bonds is 3. The molecule has 2 aliphatic heterocycles. The number of hydrogen-bond donors (Lipinski definition) is 3. The van der Waals surface area contributed by atoms with Crippen LogP contribution in [0.15, 0.2) is 88.9 Å². The van der Waals surface area contributed by atoms with Crippen LogP contribution < -0.4 is 20.9 Å². The zero-order valence-corrected chi connectivity index (χ0v) is 14.8. The first-order valence-electron chi connectivity index (χ1n) is 8.49. The van der Waals surface area contributed by atoms with E-state index < -0.39 is 0 Å². The second-order valence-corrected chi connectivity index (χ2v) is 6.22. The van der Waals surface area contributed by atoms with E-state index in [4.69, 9.17) is 5.73 Å². The number of benzene rings is 2. The van der Waals surface area contributed by atoms with Gasteiger partial charge in [-0.25, -0.2) is 14.8 Å². The molecule has 2 aliphatic rings. The van der Waals surface area contributed by atoms with Gasteiger partial charge < -0.3 is 16.4 Å². The Labute approximate surface area is 156 Å². The summed E-state index contributed by atoms with van der Waals surface area (Å²) in [6.07, 6.45) is 5.38. The van der Waals surface area contributed by atoms with Gasteiger partial charge in [0.1, 0.15) is 11.9 Å². The van der Waals surface area contributed by atoms with E-state index in [-0.39, 0.29) is 6.03 Å². The Balaban J connectivity index is 1.54. The minimum atomic E-state index is -0.297. The molecule has 0 fully saturated rings. The summed E-state index contributed by atoms with van der Waals surface area (Å²) in [5.74, 6) is 1.32. The number of para-hydroxylation sites is 1. The molecule has 2 heterocycles. The smallest absolute Gasteiger partial charge is 0.323 e. The number of nitrogens with two attached hydrogens (primary N) is 1. The molecule has 2 amide bonds. The van der Waals surface area contributed by atoms with Crippen LogP contribution in [-0.4, -0.2) is 17.7 Å². The highest BCUT2D eigenvalue weighted by Crippen LogP contribution is 2.36. The van der Waals surface area contributed by atoms with Crippen molar-refractivity contribution in [1.82, 2.24) is 4.48 Å². The molecule has 0 spiro atoms. The number of quaternary nitrogens is 1. The zero-order chi connectivity index (χ0) is 18.9. The maximum absolute atomic E-state index is 12.1. The van der Waals surface area contributed by atoms with Gasteiger partial charge in [-0.3, -0.25) is 0 Å². The van der Waals surface area contributed by atoms with Crippen molar-refractivity contribution in [1.29, 1.82) is 0 Å². The molecular weight excluding hydrogens is 340 g/mol. The van der Waals surface area contributed by atoms with Gasteiger partial charge in [0.05, 0.1) is 12.4 Å². The average molecular weight is 359 g/mol. The van der Waals surface area contributed by atoms with Gasteiger partial charge in [-0.1, -0.05) is 18.2 Å². The summed E-state index contributed by atoms with van der Waals surface area (Å²) in [4.78, 5) is 20.7. The van der Waals surface area contributed by atoms with Crippen molar-refractivity contribution < 1.29 is 4.79 Å². The van der Waals surface area contributed by atoms with E-state index in [0.717, 1.165) is 22.9 Å². The molecule has 2 aromatic carbocycles. The fraction of sp³-hybridized carbons (Fsp3) is 0.0500. The van der Waals surface area contributed by atoms with Crippen LogP contribution in [0.2, 0.25) is 0 Å². The van der Waals surface area contributed by atoms with Crippen molar-refractivity contribution in [2.24, 2.45) is 15.7 Å². The van der Waals surface area contributed by atoms with Gasteiger partial charge in [-0.15, -0.1) is 0 Å². The molecule has 0 aliphatic carbocycles. The lowest BCUT2D eigenvalue weighted by atomic mass is 10.1. The summed E-state index contributed by atoms with van der Waals surface area (Å²) in [6, 6.07) is 16.6. The van der Waals surface area contributed by atoms with Crippen molar-refractivity contribution in [2.75, 3.05) is 10.6 Å². The van der Waals surface area contributed by atoms with Gasteiger partial charge in [0, 0.05) is 30.4 Å². The van der Waals surface area contributed by atoms with Gasteiger partial charge in [-0.2, -0.15) is 4.48 Å². The van der Waals surface area contributed by atoms with Gasteiger partial charge in [-0.05, 0) is 24.3 Å². The van der Waals surface area contributed by atoms with Gasteiger partial charge in [0.15, 0.2) is 5.84 Å². The summed E-state index contributed by atoms with van der Waals surface area (Å²) in [7, 11) is 0. The molecule has 134 valence electrons. The maximum Gasteiger partial charge on any atom is 0.323 e. The van der Waals surface area contributed by atoms with E-state index in [2.05, 4.69) is 20.6 Å². The SMILES string of the molecule is CC1=NC=C2C(N)=NC=C[N+]21c1ccc(NC(=O)Nc2ccccc2)cc1. The van der Waals surface area contributed by atoms with Crippen LogP contribution in [-0.2, 0) is 0 Å². The summed E-state index contributed by atoms with van der Waals surface area (Å²) < 4.78 is 0.311. The Kier molecular flexibility index (Phi) is 4.06. The minimum absolute atomic E-state index is 0.297. The molecule has 4 rings (SSSR count). The highest BCUT2D eigenvalue weighted by molar-refractivity contribution is 6.11. The number of aliphatic imine (C=N–C) groups is 2. The lowest BCUT2D eigenvalue weighted by Crippen LogP contribution is -2.50. The molecule has 1 unspecified atom stereocenters. The maximum atomic E-state index is 12.1. The topological polar surface area (TPSA) is 91.9 Å². The van der Waals surface area contributed by atoms with E-state index in [0.29, 0.717) is 16.0 Å². The number of anilines is 2. The fourth-order valence-corrected chi connectivity index (χ4v) is 3.23. The van der Waals surface area contributed by atoms with Crippen LogP contribution in [0.5, 0.6) is 0 Å². The van der Waals surface area contributed by atoms with Crippen molar-refractivity contribution in [2.45, 2.75) is 6.92 Å². The molecule has 0 saturated heterocycles. The zero-order valence-electron chi connectivity index (χ0n) is 14.8. The molecule has 0 saturated carbocycles. The number of carbonyl (C=O) groups is 1. The highest BCUT2D eigenvalue weighted by Gasteiger charge is 2.44. The van der Waals surface area contributed by atoms with E-state index in [1.54, 1.807) is 12.4 Å². The van der Waals surface area contributed by atoms with Crippen molar-refractivity contribution in [3.8, 4) is 0 Å². The van der Waals surface area contributed by atoms with Crippen LogP contribution >= 0.6 is 0 Å². The number of carbonyl (C=O) groups excluding carboxylic acids is 1. The summed E-state index contributed by atoms with van der Waals surface area (Å²) >= 11 is 0. The molecule has 0 bridgehead atoms. The normalized spacial score (nSPS) is 20.3. The van der Waals surface area contributed by atoms with E-state index >= 15 is 0 Å². The number of fused-ring (bicyclic) bond motifs is 1. The Morgan fingerprint density at radius 1 is 0.963 bits per heavy atom. The molecule has 2 aromatic rings. The van der Waals surface area contributed by atoms with Gasteiger partial charge in [0.25, 0.3) is 0 Å². The number of hydrogen-bond acceptors (Lipinski definition) is 4. The third-order valence-corrected chi connectivity index (χ3v) is 4.59. The lowest BCUT2D eigenvalue weighted by molar-refractivity contribution is 0.262. The molecular formula is C20H19N6O+. The van der Waals surface area contributed by atoms with Gasteiger partial charge in [0.2, 0.25) is 11.5 Å². The van der Waals surface area contributed by atoms with Crippen molar-refractivity contribution >= 4 is 34.8 Å². The van der Waals surface area contributed by atoms with Crippen molar-refractivity contribution in [3.63, 3.8) is 0 Å². The second kappa shape index (κ2) is 6.54. The van der Waals surface area contributed by atoms with Crippen LogP contribution in [0.4, 0.5) is 21.9 Å². The highest BCUT2D eigenvalue weighted by atomic mass is 16.2. The molecule has 0 radical (unpaired) electrons. The average Bonchev–Trinajstić information content (AvgIpc) is 3.02. The first-order chi connectivity index (χ1) is 13.1. The number of amidine groups is 2. The number of urea groups is 1. The number of nitrogens with zero attached hydrogens (tertiary/aromatic N) is 3. The van der Waals surface area contributed by atoms with Gasteiger partial charge >= 0.3 is 6.03 Å². The van der Waals surface area contributed by atoms with Crippen LogP contribution in [0.1, 0.15) is 6.92 Å². The largest absolute Gasteiger partial charge is 0.379 e. The first-order valence-corrected chi connectivity index (χ1v) is 8.49. The predicted molar refractivity (Wildman–Crippen MR) is 109 cm³/mol. The number of nitrogens with one attached hydrogen (secondary N) is 2. The number of amides is 2. The van der Waals surface area contributed by atoms with Crippen molar-refractivity contribution in [3.05, 3.63) is 78.9 Å². The molecule has 0 aromatic heterocycles. The lowest BCUT2D eigenvalue weighted by Gasteiger charge is -2.32. The van der Waals surface area contributed by atoms with E-state index in [1.165, 1.54) is 0 Å². The predicted octanol–water partition coefficient (Wildman–Crippen LogP) is 3.75. The summed E-state index contributed by atoms with van der Waals surface area (Å²) in [6.45, 7) is 1.95. The van der Waals surface area contributed by atoms with E-state index in [9.17, 15) is 4.79 Å². The minimum Gasteiger partial charge on any atom is -0.379 e. The monoisotopic (exact) mass is 359 g/mol. The Morgan fingerprint density at radius 2 is 1.63 bits per heavy atom.